The summed E-state index contributed by atoms with van der Waals surface area (Å²) in [6.07, 6.45) is -0.349. The van der Waals surface area contributed by atoms with E-state index in [-0.39, 0.29) is 24.4 Å². The molecule has 2 aromatic rings. The lowest BCUT2D eigenvalue weighted by Gasteiger charge is -2.33. The Morgan fingerprint density at radius 3 is 2.62 bits per heavy atom. The van der Waals surface area contributed by atoms with Crippen LogP contribution in [0.5, 0.6) is 0 Å². The molecule has 7 nitrogen and oxygen atoms in total. The number of nitrogens with one attached hydrogen (secondary N) is 1. The van der Waals surface area contributed by atoms with Crippen molar-refractivity contribution in [3.8, 4) is 0 Å². The molecule has 1 saturated heterocycles. The second-order valence-corrected chi connectivity index (χ2v) is 7.49. The molecule has 0 radical (unpaired) electrons. The van der Waals surface area contributed by atoms with Crippen LogP contribution in [0.4, 0.5) is 0 Å². The summed E-state index contributed by atoms with van der Waals surface area (Å²) in [4.78, 5) is 23.3. The SMILES string of the molecule is NC(=O)C[C@@H]1C(=O)NCCN1S(=O)(=O)c1ccc2ccccc2c1. The van der Waals surface area contributed by atoms with Crippen LogP contribution in [0.2, 0.25) is 0 Å². The van der Waals surface area contributed by atoms with Gasteiger partial charge in [0.1, 0.15) is 6.04 Å². The highest BCUT2D eigenvalue weighted by atomic mass is 32.2. The van der Waals surface area contributed by atoms with Gasteiger partial charge in [0.2, 0.25) is 21.8 Å². The number of amides is 2. The highest BCUT2D eigenvalue weighted by Crippen LogP contribution is 2.25. The summed E-state index contributed by atoms with van der Waals surface area (Å²) in [6, 6.07) is 11.1. The molecule has 1 aliphatic heterocycles. The van der Waals surface area contributed by atoms with Crippen LogP contribution in [0.25, 0.3) is 10.8 Å². The number of primary amides is 1. The minimum atomic E-state index is -3.92. The molecule has 0 saturated carbocycles. The Kier molecular flexibility index (Phi) is 4.25. The largest absolute Gasteiger partial charge is 0.370 e. The van der Waals surface area contributed by atoms with Crippen molar-refractivity contribution in [2.75, 3.05) is 13.1 Å². The average molecular weight is 347 g/mol. The number of fused-ring (bicyclic) bond motifs is 1. The second-order valence-electron chi connectivity index (χ2n) is 5.60. The Bertz CT molecular complexity index is 910. The molecule has 3 rings (SSSR count). The maximum Gasteiger partial charge on any atom is 0.243 e. The van der Waals surface area contributed by atoms with Gasteiger partial charge in [0.05, 0.1) is 11.3 Å². The Morgan fingerprint density at radius 2 is 1.92 bits per heavy atom. The first-order chi connectivity index (χ1) is 11.4. The fraction of sp³-hybridized carbons (Fsp3) is 0.250. The molecule has 1 fully saturated rings. The molecular formula is C16H17N3O4S. The van der Waals surface area contributed by atoms with Crippen molar-refractivity contribution in [3.63, 3.8) is 0 Å². The maximum absolute atomic E-state index is 13.0. The van der Waals surface area contributed by atoms with Gasteiger partial charge in [-0.1, -0.05) is 30.3 Å². The molecule has 0 spiro atoms. The van der Waals surface area contributed by atoms with Gasteiger partial charge in [-0.2, -0.15) is 4.31 Å². The van der Waals surface area contributed by atoms with E-state index in [9.17, 15) is 18.0 Å². The average Bonchev–Trinajstić information content (AvgIpc) is 2.55. The van der Waals surface area contributed by atoms with Gasteiger partial charge in [-0.3, -0.25) is 9.59 Å². The quantitative estimate of drug-likeness (QED) is 0.823. The van der Waals surface area contributed by atoms with Crippen molar-refractivity contribution in [1.82, 2.24) is 9.62 Å². The lowest BCUT2D eigenvalue weighted by molar-refractivity contribution is -0.130. The molecule has 0 bridgehead atoms. The second kappa shape index (κ2) is 6.21. The number of hydrogen-bond donors (Lipinski definition) is 2. The van der Waals surface area contributed by atoms with Gasteiger partial charge in [0.15, 0.2) is 0 Å². The minimum Gasteiger partial charge on any atom is -0.370 e. The van der Waals surface area contributed by atoms with Crippen molar-refractivity contribution in [1.29, 1.82) is 0 Å². The van der Waals surface area contributed by atoms with Gasteiger partial charge in [-0.25, -0.2) is 8.42 Å². The van der Waals surface area contributed by atoms with Crippen molar-refractivity contribution < 1.29 is 18.0 Å². The summed E-state index contributed by atoms with van der Waals surface area (Å²) in [6.45, 7) is 0.291. The molecule has 3 N–H and O–H groups in total. The Balaban J connectivity index is 2.03. The van der Waals surface area contributed by atoms with Gasteiger partial charge in [0, 0.05) is 13.1 Å². The fourth-order valence-corrected chi connectivity index (χ4v) is 4.45. The molecule has 8 heteroatoms. The lowest BCUT2D eigenvalue weighted by atomic mass is 10.1. The molecule has 126 valence electrons. The first kappa shape index (κ1) is 16.4. The van der Waals surface area contributed by atoms with E-state index in [1.165, 1.54) is 6.07 Å². The number of benzene rings is 2. The molecule has 2 amide bonds. The molecule has 1 heterocycles. The smallest absolute Gasteiger partial charge is 0.243 e. The van der Waals surface area contributed by atoms with Crippen molar-refractivity contribution in [2.45, 2.75) is 17.4 Å². The van der Waals surface area contributed by atoms with Crippen LogP contribution in [0.15, 0.2) is 47.4 Å². The Morgan fingerprint density at radius 1 is 1.21 bits per heavy atom. The van der Waals surface area contributed by atoms with E-state index in [1.54, 1.807) is 12.1 Å². The van der Waals surface area contributed by atoms with Crippen molar-refractivity contribution >= 4 is 32.6 Å². The maximum atomic E-state index is 13.0. The third-order valence-electron chi connectivity index (χ3n) is 4.00. The highest BCUT2D eigenvalue weighted by Gasteiger charge is 2.39. The summed E-state index contributed by atoms with van der Waals surface area (Å²) in [7, 11) is -3.92. The molecule has 0 aliphatic carbocycles. The monoisotopic (exact) mass is 347 g/mol. The number of hydrogen-bond acceptors (Lipinski definition) is 4. The summed E-state index contributed by atoms with van der Waals surface area (Å²) >= 11 is 0. The molecule has 2 aromatic carbocycles. The van der Waals surface area contributed by atoms with Gasteiger partial charge in [0.25, 0.3) is 0 Å². The topological polar surface area (TPSA) is 110 Å². The molecule has 1 aliphatic rings. The Hall–Kier alpha value is -2.45. The molecule has 24 heavy (non-hydrogen) atoms. The molecular weight excluding hydrogens is 330 g/mol. The minimum absolute atomic E-state index is 0.0883. The van der Waals surface area contributed by atoms with Gasteiger partial charge >= 0.3 is 0 Å². The van der Waals surface area contributed by atoms with Crippen LogP contribution < -0.4 is 11.1 Å². The van der Waals surface area contributed by atoms with Crippen LogP contribution >= 0.6 is 0 Å². The zero-order valence-corrected chi connectivity index (χ0v) is 13.6. The molecule has 1 atom stereocenters. The van der Waals surface area contributed by atoms with E-state index < -0.39 is 27.9 Å². The summed E-state index contributed by atoms with van der Waals surface area (Å²) in [5.41, 5.74) is 5.16. The number of carbonyl (C=O) groups is 2. The van der Waals surface area contributed by atoms with Crippen molar-refractivity contribution in [2.24, 2.45) is 5.73 Å². The van der Waals surface area contributed by atoms with E-state index in [4.69, 9.17) is 5.73 Å². The van der Waals surface area contributed by atoms with Crippen LogP contribution in [0.3, 0.4) is 0 Å². The third-order valence-corrected chi connectivity index (χ3v) is 5.91. The van der Waals surface area contributed by atoms with E-state index in [1.807, 2.05) is 24.3 Å². The predicted molar refractivity (Wildman–Crippen MR) is 88.4 cm³/mol. The first-order valence-corrected chi connectivity index (χ1v) is 8.90. The highest BCUT2D eigenvalue weighted by molar-refractivity contribution is 7.89. The van der Waals surface area contributed by atoms with Gasteiger partial charge in [-0.05, 0) is 22.9 Å². The van der Waals surface area contributed by atoms with E-state index >= 15 is 0 Å². The normalized spacial score (nSPS) is 19.2. The lowest BCUT2D eigenvalue weighted by Crippen LogP contribution is -2.58. The zero-order chi connectivity index (χ0) is 17.3. The fourth-order valence-electron chi connectivity index (χ4n) is 2.83. The van der Waals surface area contributed by atoms with E-state index in [0.717, 1.165) is 15.1 Å². The molecule has 0 aromatic heterocycles. The summed E-state index contributed by atoms with van der Waals surface area (Å²) in [5, 5.41) is 4.27. The Labute approximate surface area is 139 Å². The zero-order valence-electron chi connectivity index (χ0n) is 12.8. The number of sulfonamides is 1. The van der Waals surface area contributed by atoms with Gasteiger partial charge in [-0.15, -0.1) is 0 Å². The summed E-state index contributed by atoms with van der Waals surface area (Å²) in [5.74, 6) is -1.24. The van der Waals surface area contributed by atoms with Crippen LogP contribution in [-0.4, -0.2) is 43.7 Å². The van der Waals surface area contributed by atoms with Crippen LogP contribution in [0, 0.1) is 0 Å². The third kappa shape index (κ3) is 2.98. The standard InChI is InChI=1S/C16H17N3O4S/c17-15(20)10-14-16(21)18-7-8-19(14)24(22,23)13-6-5-11-3-1-2-4-12(11)9-13/h1-6,9,14H,7-8,10H2,(H2,17,20)(H,18,21)/t14-/m1/s1. The predicted octanol–water partition coefficient (Wildman–Crippen LogP) is 0.204. The van der Waals surface area contributed by atoms with Crippen LogP contribution in [0.1, 0.15) is 6.42 Å². The van der Waals surface area contributed by atoms with E-state index in [0.29, 0.717) is 0 Å². The number of nitrogens with two attached hydrogens (primary N) is 1. The first-order valence-electron chi connectivity index (χ1n) is 7.46. The molecule has 0 unspecified atom stereocenters. The number of nitrogens with zero attached hydrogens (tertiary/aromatic N) is 1. The van der Waals surface area contributed by atoms with Crippen LogP contribution in [-0.2, 0) is 19.6 Å². The number of carbonyl (C=O) groups excluding carboxylic acids is 2. The van der Waals surface area contributed by atoms with Gasteiger partial charge < -0.3 is 11.1 Å². The van der Waals surface area contributed by atoms with Crippen molar-refractivity contribution in [3.05, 3.63) is 42.5 Å². The summed E-state index contributed by atoms with van der Waals surface area (Å²) < 4.78 is 27.0. The number of rotatable bonds is 4. The van der Waals surface area contributed by atoms with E-state index in [2.05, 4.69) is 5.32 Å². The number of piperazine rings is 1.